The van der Waals surface area contributed by atoms with Crippen molar-refractivity contribution in [3.05, 3.63) is 95.6 Å². The number of hydrogen-bond acceptors (Lipinski definition) is 2. The maximum atomic E-state index is 13.5. The highest BCUT2D eigenvalue weighted by molar-refractivity contribution is 5.98. The number of anilines is 1. The van der Waals surface area contributed by atoms with Crippen molar-refractivity contribution < 1.29 is 40.3 Å². The monoisotopic (exact) mass is 485 g/mol. The van der Waals surface area contributed by atoms with Crippen LogP contribution in [0.15, 0.2) is 78.9 Å². The van der Waals surface area contributed by atoms with Crippen molar-refractivity contribution in [2.45, 2.75) is 24.4 Å². The summed E-state index contributed by atoms with van der Waals surface area (Å²) in [5.41, 5.74) is -0.582. The first-order valence-electron chi connectivity index (χ1n) is 9.90. The zero-order valence-electron chi connectivity index (χ0n) is 17.3. The second-order valence-corrected chi connectivity index (χ2v) is 7.30. The summed E-state index contributed by atoms with van der Waals surface area (Å²) in [5, 5.41) is 2.41. The second-order valence-electron chi connectivity index (χ2n) is 7.30. The fraction of sp³-hybridized carbons (Fsp3) is 0.208. The summed E-state index contributed by atoms with van der Waals surface area (Å²) >= 11 is 0. The maximum Gasteiger partial charge on any atom is 0.420 e. The number of carbonyl (C=O) groups is 1. The zero-order chi connectivity index (χ0) is 24.9. The zero-order valence-corrected chi connectivity index (χ0v) is 17.3. The van der Waals surface area contributed by atoms with Crippen LogP contribution in [-0.4, -0.2) is 24.9 Å². The number of alkyl halides is 7. The molecule has 10 heteroatoms. The minimum Gasteiger partial charge on any atom is -0.486 e. The standard InChI is InChI=1S/C24H18F7NO2/c25-22(26)23(27,28)14-34-19-12-11-17(13-18(19)24(29,30)31)32-21(33)20(15-7-3-1-4-8-15)16-9-5-2-6-10-16/h1-13,20,22H,14H2,(H,32,33). The number of rotatable bonds is 8. The van der Waals surface area contributed by atoms with Gasteiger partial charge in [0.25, 0.3) is 0 Å². The van der Waals surface area contributed by atoms with Crippen molar-refractivity contribution >= 4 is 11.6 Å². The lowest BCUT2D eigenvalue weighted by atomic mass is 9.90. The Labute approximate surface area is 190 Å². The van der Waals surface area contributed by atoms with E-state index in [1.807, 2.05) is 0 Å². The van der Waals surface area contributed by atoms with Crippen LogP contribution in [0.5, 0.6) is 5.75 Å². The van der Waals surface area contributed by atoms with E-state index in [1.165, 1.54) is 0 Å². The maximum absolute atomic E-state index is 13.5. The molecule has 0 saturated heterocycles. The third-order valence-electron chi connectivity index (χ3n) is 4.82. The average Bonchev–Trinajstić information content (AvgIpc) is 2.79. The molecule has 0 heterocycles. The summed E-state index contributed by atoms with van der Waals surface area (Å²) in [6, 6.07) is 19.3. The van der Waals surface area contributed by atoms with Crippen LogP contribution >= 0.6 is 0 Å². The van der Waals surface area contributed by atoms with Crippen molar-refractivity contribution in [1.29, 1.82) is 0 Å². The Hall–Kier alpha value is -3.56. The first kappa shape index (κ1) is 25.1. The number of carbonyl (C=O) groups excluding carboxylic acids is 1. The molecule has 0 aromatic heterocycles. The molecule has 3 rings (SSSR count). The number of nitrogens with one attached hydrogen (secondary N) is 1. The molecule has 3 aromatic rings. The molecule has 0 unspecified atom stereocenters. The summed E-state index contributed by atoms with van der Waals surface area (Å²) in [4.78, 5) is 13.1. The van der Waals surface area contributed by atoms with Gasteiger partial charge in [-0.2, -0.15) is 22.0 Å². The van der Waals surface area contributed by atoms with Crippen molar-refractivity contribution in [2.24, 2.45) is 0 Å². The van der Waals surface area contributed by atoms with Crippen LogP contribution in [0.4, 0.5) is 36.4 Å². The molecule has 0 atom stereocenters. The van der Waals surface area contributed by atoms with Gasteiger partial charge in [-0.3, -0.25) is 4.79 Å². The Bertz CT molecular complexity index is 1060. The molecule has 1 amide bonds. The number of ether oxygens (including phenoxy) is 1. The smallest absolute Gasteiger partial charge is 0.420 e. The van der Waals surface area contributed by atoms with Gasteiger partial charge in [0.1, 0.15) is 5.75 Å². The van der Waals surface area contributed by atoms with Crippen molar-refractivity contribution in [3.63, 3.8) is 0 Å². The second kappa shape index (κ2) is 10.1. The summed E-state index contributed by atoms with van der Waals surface area (Å²) in [6.45, 7) is -1.94. The molecular formula is C24H18F7NO2. The molecule has 0 fully saturated rings. The highest BCUT2D eigenvalue weighted by Crippen LogP contribution is 2.39. The van der Waals surface area contributed by atoms with Crippen LogP contribution in [0.1, 0.15) is 22.6 Å². The molecule has 0 bridgehead atoms. The van der Waals surface area contributed by atoms with Gasteiger partial charge in [-0.15, -0.1) is 0 Å². The van der Waals surface area contributed by atoms with Crippen LogP contribution < -0.4 is 10.1 Å². The molecule has 0 spiro atoms. The van der Waals surface area contributed by atoms with E-state index in [0.717, 1.165) is 6.07 Å². The first-order chi connectivity index (χ1) is 16.0. The SMILES string of the molecule is O=C(Nc1ccc(OCC(F)(F)C(F)F)c(C(F)(F)F)c1)C(c1ccccc1)c1ccccc1. The van der Waals surface area contributed by atoms with Gasteiger partial charge in [0.05, 0.1) is 11.5 Å². The number of amides is 1. The summed E-state index contributed by atoms with van der Waals surface area (Å²) in [5.74, 6) is -7.18. The third-order valence-corrected chi connectivity index (χ3v) is 4.82. The Morgan fingerprint density at radius 2 is 1.35 bits per heavy atom. The molecule has 0 saturated carbocycles. The highest BCUT2D eigenvalue weighted by atomic mass is 19.4. The van der Waals surface area contributed by atoms with Gasteiger partial charge < -0.3 is 10.1 Å². The fourth-order valence-electron chi connectivity index (χ4n) is 3.19. The lowest BCUT2D eigenvalue weighted by molar-refractivity contribution is -0.153. The fourth-order valence-corrected chi connectivity index (χ4v) is 3.19. The van der Waals surface area contributed by atoms with Gasteiger partial charge in [0, 0.05) is 5.69 Å². The van der Waals surface area contributed by atoms with Gasteiger partial charge in [-0.25, -0.2) is 8.78 Å². The number of halogens is 7. The minimum absolute atomic E-state index is 0.276. The third kappa shape index (κ3) is 6.06. The van der Waals surface area contributed by atoms with Crippen molar-refractivity contribution in [2.75, 3.05) is 11.9 Å². The average molecular weight is 485 g/mol. The Balaban J connectivity index is 1.90. The van der Waals surface area contributed by atoms with Gasteiger partial charge in [-0.05, 0) is 29.3 Å². The van der Waals surface area contributed by atoms with Crippen molar-refractivity contribution in [1.82, 2.24) is 0 Å². The molecule has 34 heavy (non-hydrogen) atoms. The molecule has 0 aliphatic rings. The van der Waals surface area contributed by atoms with Crippen LogP contribution in [0.3, 0.4) is 0 Å². The van der Waals surface area contributed by atoms with Gasteiger partial charge in [0.2, 0.25) is 5.91 Å². The number of hydrogen-bond donors (Lipinski definition) is 1. The lowest BCUT2D eigenvalue weighted by Crippen LogP contribution is -2.34. The molecule has 0 aliphatic heterocycles. The van der Waals surface area contributed by atoms with Crippen LogP contribution in [-0.2, 0) is 11.0 Å². The van der Waals surface area contributed by atoms with E-state index in [0.29, 0.717) is 23.3 Å². The quantitative estimate of drug-likeness (QED) is 0.358. The summed E-state index contributed by atoms with van der Waals surface area (Å²) in [7, 11) is 0. The van der Waals surface area contributed by atoms with E-state index in [1.54, 1.807) is 60.7 Å². The van der Waals surface area contributed by atoms with E-state index in [-0.39, 0.29) is 5.69 Å². The van der Waals surface area contributed by atoms with Gasteiger partial charge >= 0.3 is 18.5 Å². The molecular weight excluding hydrogens is 467 g/mol. The lowest BCUT2D eigenvalue weighted by Gasteiger charge is -2.21. The molecule has 0 radical (unpaired) electrons. The van der Waals surface area contributed by atoms with E-state index < -0.39 is 48.3 Å². The van der Waals surface area contributed by atoms with E-state index in [4.69, 9.17) is 0 Å². The number of benzene rings is 3. The van der Waals surface area contributed by atoms with Crippen molar-refractivity contribution in [3.8, 4) is 5.75 Å². The molecule has 1 N–H and O–H groups in total. The normalized spacial score (nSPS) is 12.1. The summed E-state index contributed by atoms with van der Waals surface area (Å²) in [6.07, 6.45) is -9.16. The van der Waals surface area contributed by atoms with E-state index in [9.17, 15) is 35.5 Å². The molecule has 3 aromatic carbocycles. The minimum atomic E-state index is -5.06. The topological polar surface area (TPSA) is 38.3 Å². The van der Waals surface area contributed by atoms with Crippen LogP contribution in [0.25, 0.3) is 0 Å². The van der Waals surface area contributed by atoms with Crippen LogP contribution in [0.2, 0.25) is 0 Å². The predicted molar refractivity (Wildman–Crippen MR) is 111 cm³/mol. The Kier molecular flexibility index (Phi) is 7.48. The van der Waals surface area contributed by atoms with E-state index >= 15 is 0 Å². The predicted octanol–water partition coefficient (Wildman–Crippen LogP) is 6.76. The highest BCUT2D eigenvalue weighted by Gasteiger charge is 2.43. The summed E-state index contributed by atoms with van der Waals surface area (Å²) < 4.78 is 95.7. The first-order valence-corrected chi connectivity index (χ1v) is 9.90. The molecule has 3 nitrogen and oxygen atoms in total. The molecule has 180 valence electrons. The van der Waals surface area contributed by atoms with Gasteiger partial charge in [0.15, 0.2) is 6.61 Å². The Morgan fingerprint density at radius 1 is 0.824 bits per heavy atom. The van der Waals surface area contributed by atoms with E-state index in [2.05, 4.69) is 10.1 Å². The Morgan fingerprint density at radius 3 is 1.82 bits per heavy atom. The van der Waals surface area contributed by atoms with Gasteiger partial charge in [-0.1, -0.05) is 60.7 Å². The molecule has 0 aliphatic carbocycles. The van der Waals surface area contributed by atoms with Crippen LogP contribution in [0, 0.1) is 0 Å². The largest absolute Gasteiger partial charge is 0.486 e.